The summed E-state index contributed by atoms with van der Waals surface area (Å²) in [6.45, 7) is 11.1. The van der Waals surface area contributed by atoms with Crippen molar-refractivity contribution in [2.45, 2.75) is 178 Å². The lowest BCUT2D eigenvalue weighted by molar-refractivity contribution is -0.220. The molecule has 0 saturated carbocycles. The Morgan fingerprint density at radius 3 is 1.77 bits per heavy atom. The van der Waals surface area contributed by atoms with E-state index in [0.29, 0.717) is 23.6 Å². The largest absolute Gasteiger partial charge is 0.770 e. The number of aliphatic hydroxyl groups excluding tert-OH is 1. The van der Waals surface area contributed by atoms with Crippen LogP contribution in [-0.2, 0) is 60.6 Å². The number of phosphoric ester groups is 1. The minimum Gasteiger partial charge on any atom is -0.770 e. The Hall–Kier alpha value is 0.860. The molecule has 0 spiro atoms. The molecule has 5 rings (SSSR count). The lowest BCUT2D eigenvalue weighted by Crippen LogP contribution is -2.38. The zero-order valence-corrected chi connectivity index (χ0v) is 36.8. The van der Waals surface area contributed by atoms with Gasteiger partial charge in [-0.1, -0.05) is 11.4 Å². The van der Waals surface area contributed by atoms with Crippen molar-refractivity contribution in [3.8, 4) is 0 Å². The molecule has 5 heterocycles. The number of ether oxygens (including phenoxy) is 8. The molecule has 24 heteroatoms. The maximum absolute atomic E-state index is 12.5. The van der Waals surface area contributed by atoms with Gasteiger partial charge in [0.05, 0.1) is 62.0 Å². The van der Waals surface area contributed by atoms with E-state index >= 15 is 0 Å². The van der Waals surface area contributed by atoms with Crippen LogP contribution in [0.2, 0.25) is 0 Å². The number of hydrogen-bond acceptors (Lipinski definition) is 18. The third-order valence-corrected chi connectivity index (χ3v) is 12.9. The normalized spacial score (nSPS) is 40.5. The molecular formula is C32H56B4O16P2S2-2. The molecule has 16 atom stereocenters. The Morgan fingerprint density at radius 2 is 1.25 bits per heavy atom. The van der Waals surface area contributed by atoms with E-state index in [2.05, 4.69) is 12.6 Å². The van der Waals surface area contributed by atoms with Crippen LogP contribution >= 0.6 is 38.6 Å². The third-order valence-electron chi connectivity index (χ3n) is 8.59. The molecule has 0 aromatic heterocycles. The van der Waals surface area contributed by atoms with Gasteiger partial charge in [0.25, 0.3) is 7.82 Å². The van der Waals surface area contributed by atoms with E-state index < -0.39 is 75.4 Å². The minimum atomic E-state index is -4.38. The van der Waals surface area contributed by atoms with Crippen LogP contribution in [0, 0.1) is 0 Å². The Labute approximate surface area is 346 Å². The van der Waals surface area contributed by atoms with Crippen molar-refractivity contribution in [2.75, 3.05) is 24.7 Å². The van der Waals surface area contributed by atoms with Gasteiger partial charge in [-0.15, -0.1) is 0 Å². The number of fused-ring (bicyclic) bond motifs is 1. The second-order valence-corrected chi connectivity index (χ2v) is 20.5. The summed E-state index contributed by atoms with van der Waals surface area (Å²) >= 11 is 4.77. The molecule has 5 aliphatic heterocycles. The van der Waals surface area contributed by atoms with Crippen LogP contribution in [-0.4, -0.2) is 171 Å². The van der Waals surface area contributed by atoms with Crippen LogP contribution in [0.15, 0.2) is 0 Å². The van der Waals surface area contributed by atoms with Crippen molar-refractivity contribution in [1.82, 2.24) is 0 Å². The fraction of sp³-hybridized carbons (Fsp3) is 1.00. The minimum absolute atomic E-state index is 0.0280. The average Bonchev–Trinajstić information content (AvgIpc) is 3.84. The van der Waals surface area contributed by atoms with E-state index in [9.17, 15) is 24.0 Å². The van der Waals surface area contributed by atoms with Crippen molar-refractivity contribution in [3.05, 3.63) is 0 Å². The first-order chi connectivity index (χ1) is 26.0. The van der Waals surface area contributed by atoms with Gasteiger partial charge in [-0.05, 0) is 68.2 Å². The summed E-state index contributed by atoms with van der Waals surface area (Å²) in [5, 5.41) is 10.2. The van der Waals surface area contributed by atoms with E-state index in [1.54, 1.807) is 0 Å². The standard InChI is InChI=1S/C16H29B2O8PS.C8H14BO6P.C8H15BO2S/c1-8(2)22-6-11-15(14(19)16(18)25-11)26-27(20,21)28-7-12-10(23-9(3)4)5-13(17)24-12;1-4(2)12-3-5-6-7(8(9)13-5)15-16(10,11)14-6;1-5(2)10-6-3-8(9)11-7(6)4-12/h8-16,19H,5-7H2,1-4H3,(H,20,21);4-8H,3H2,1-2H3,(H,10,11);5-8,12H,3-4H2,1-2H3/p-2/t10?,11-,12-,13-,14+,15?,16-;5-,6?,7+,8-;6?,7-,8-/m111/s1. The highest BCUT2D eigenvalue weighted by Crippen LogP contribution is 2.55. The Balaban J connectivity index is 0.000000251. The topological polar surface area (TPSA) is 202 Å². The number of aliphatic hydroxyl groups is 1. The van der Waals surface area contributed by atoms with Gasteiger partial charge in [-0.3, -0.25) is 9.13 Å². The monoisotopic (exact) mass is 866 g/mol. The van der Waals surface area contributed by atoms with Gasteiger partial charge in [0.2, 0.25) is 0 Å². The third kappa shape index (κ3) is 16.6. The van der Waals surface area contributed by atoms with Gasteiger partial charge in [0.1, 0.15) is 68.0 Å². The second kappa shape index (κ2) is 23.3. The molecule has 16 nitrogen and oxygen atoms in total. The molecule has 0 amide bonds. The molecule has 5 fully saturated rings. The van der Waals surface area contributed by atoms with Crippen molar-refractivity contribution in [1.29, 1.82) is 0 Å². The van der Waals surface area contributed by atoms with Crippen molar-refractivity contribution >= 4 is 70.0 Å². The molecule has 6 unspecified atom stereocenters. The van der Waals surface area contributed by atoms with Gasteiger partial charge < -0.3 is 66.4 Å². The van der Waals surface area contributed by atoms with E-state index in [1.807, 2.05) is 55.4 Å². The Kier molecular flexibility index (Phi) is 21.3. The summed E-state index contributed by atoms with van der Waals surface area (Å²) in [5.41, 5.74) is 0. The maximum atomic E-state index is 12.5. The molecule has 5 saturated heterocycles. The quantitative estimate of drug-likeness (QED) is 0.126. The van der Waals surface area contributed by atoms with Crippen LogP contribution in [0.4, 0.5) is 0 Å². The van der Waals surface area contributed by atoms with E-state index in [0.717, 1.165) is 6.42 Å². The molecule has 0 aliphatic carbocycles. The van der Waals surface area contributed by atoms with Gasteiger partial charge in [-0.2, -0.15) is 12.6 Å². The van der Waals surface area contributed by atoms with Gasteiger partial charge in [0, 0.05) is 35.5 Å². The van der Waals surface area contributed by atoms with Gasteiger partial charge in [0.15, 0.2) is 6.80 Å². The Morgan fingerprint density at radius 1 is 0.768 bits per heavy atom. The number of hydrogen-bond donors (Lipinski definition) is 2. The maximum Gasteiger partial charge on any atom is 0.268 e. The van der Waals surface area contributed by atoms with E-state index in [-0.39, 0.29) is 67.7 Å². The highest BCUT2D eigenvalue weighted by Gasteiger charge is 2.52. The molecule has 56 heavy (non-hydrogen) atoms. The predicted octanol–water partition coefficient (Wildman–Crippen LogP) is 0.880. The smallest absolute Gasteiger partial charge is 0.268 e. The number of phosphoric acid groups is 1. The van der Waals surface area contributed by atoms with Crippen LogP contribution < -0.4 is 9.79 Å². The Bertz CT molecular complexity index is 1270. The van der Waals surface area contributed by atoms with E-state index in [1.165, 1.54) is 0 Å². The molecule has 0 aromatic rings. The van der Waals surface area contributed by atoms with Gasteiger partial charge >= 0.3 is 0 Å². The van der Waals surface area contributed by atoms with Gasteiger partial charge in [-0.25, -0.2) is 0 Å². The molecule has 5 aliphatic rings. The first kappa shape index (κ1) is 51.2. The van der Waals surface area contributed by atoms with Crippen LogP contribution in [0.25, 0.3) is 0 Å². The highest BCUT2D eigenvalue weighted by atomic mass is 32.7. The van der Waals surface area contributed by atoms with Crippen LogP contribution in [0.3, 0.4) is 0 Å². The summed E-state index contributed by atoms with van der Waals surface area (Å²) in [5.74, 6) is 0.764. The lowest BCUT2D eigenvalue weighted by atomic mass is 9.93. The summed E-state index contributed by atoms with van der Waals surface area (Å²) < 4.78 is 82.1. The average molecular weight is 866 g/mol. The molecule has 8 radical (unpaired) electrons. The van der Waals surface area contributed by atoms with Crippen LogP contribution in [0.1, 0.15) is 68.2 Å². The molecule has 0 aromatic carbocycles. The SMILES string of the molecule is [B][C@@H]1O[C@H](COC(C)C)C(OP(=O)([O-])SC[C@H]2O[C@@H]([B])CC2OC(C)C)[C@@H]1O.[B][C@@H]1O[C@H](COC(C)C)C2OP(=O)([O-])O[C@@H]21.[B][C@H]1CC(OC(C)C)[C@@H](CS)O1. The summed E-state index contributed by atoms with van der Waals surface area (Å²) in [4.78, 5) is 23.6. The van der Waals surface area contributed by atoms with Crippen molar-refractivity contribution < 1.29 is 75.5 Å². The molecule has 0 bridgehead atoms. The summed E-state index contributed by atoms with van der Waals surface area (Å²) in [6.07, 6.45) is -4.34. The first-order valence-electron chi connectivity index (χ1n) is 18.8. The zero-order valence-electron chi connectivity index (χ0n) is 33.3. The van der Waals surface area contributed by atoms with E-state index in [4.69, 9.17) is 82.9 Å². The van der Waals surface area contributed by atoms with Crippen molar-refractivity contribution in [2.24, 2.45) is 0 Å². The lowest BCUT2D eigenvalue weighted by Gasteiger charge is -2.31. The summed E-state index contributed by atoms with van der Waals surface area (Å²) in [7, 11) is 18.5. The molecule has 1 N–H and O–H groups in total. The van der Waals surface area contributed by atoms with Crippen LogP contribution in [0.5, 0.6) is 0 Å². The zero-order chi connectivity index (χ0) is 42.1. The molecule has 316 valence electrons. The fourth-order valence-electron chi connectivity index (χ4n) is 6.20. The fourth-order valence-corrected chi connectivity index (χ4v) is 10.4. The highest BCUT2D eigenvalue weighted by molar-refractivity contribution is 8.54. The summed E-state index contributed by atoms with van der Waals surface area (Å²) in [6, 6.07) is -2.51. The second-order valence-electron chi connectivity index (χ2n) is 15.0. The molecular weight excluding hydrogens is 810 g/mol. The predicted molar refractivity (Wildman–Crippen MR) is 211 cm³/mol. The van der Waals surface area contributed by atoms with Crippen molar-refractivity contribution in [3.63, 3.8) is 0 Å². The number of thiol groups is 1. The number of rotatable bonds is 16. The first-order valence-corrected chi connectivity index (χ1v) is 24.0.